The summed E-state index contributed by atoms with van der Waals surface area (Å²) < 4.78 is 0. The van der Waals surface area contributed by atoms with Crippen LogP contribution in [0, 0.1) is 6.92 Å². The van der Waals surface area contributed by atoms with E-state index in [1.54, 1.807) is 0 Å². The van der Waals surface area contributed by atoms with Crippen molar-refractivity contribution < 1.29 is 0 Å². The zero-order valence-electron chi connectivity index (χ0n) is 9.90. The summed E-state index contributed by atoms with van der Waals surface area (Å²) in [5.41, 5.74) is 2.72. The van der Waals surface area contributed by atoms with Gasteiger partial charge < -0.3 is 9.80 Å². The molecule has 1 saturated heterocycles. The van der Waals surface area contributed by atoms with Crippen molar-refractivity contribution in [3.63, 3.8) is 0 Å². The summed E-state index contributed by atoms with van der Waals surface area (Å²) in [6, 6.07) is 9.42. The molecule has 1 aromatic rings. The van der Waals surface area contributed by atoms with Crippen LogP contribution in [-0.4, -0.2) is 37.6 Å². The van der Waals surface area contributed by atoms with Crippen molar-refractivity contribution in [1.82, 2.24) is 4.90 Å². The Morgan fingerprint density at radius 3 is 2.73 bits per heavy atom. The Balaban J connectivity index is 2.17. The molecule has 2 heteroatoms. The van der Waals surface area contributed by atoms with E-state index in [9.17, 15) is 0 Å². The van der Waals surface area contributed by atoms with Crippen LogP contribution in [0.3, 0.4) is 0 Å². The van der Waals surface area contributed by atoms with Gasteiger partial charge in [0.05, 0.1) is 0 Å². The standard InChI is InChI=1S/C13H20N2/c1-11-5-4-6-13(9-11)15-8-7-14(3)10-12(15)2/h4-6,9,12H,7-8,10H2,1-3H3. The number of likely N-dealkylation sites (N-methyl/N-ethyl adjacent to an activating group) is 1. The van der Waals surface area contributed by atoms with Gasteiger partial charge in [-0.05, 0) is 38.6 Å². The van der Waals surface area contributed by atoms with E-state index in [0.29, 0.717) is 6.04 Å². The molecule has 0 amide bonds. The van der Waals surface area contributed by atoms with Crippen LogP contribution < -0.4 is 4.90 Å². The predicted octanol–water partition coefficient (Wildman–Crippen LogP) is 2.14. The summed E-state index contributed by atoms with van der Waals surface area (Å²) in [5, 5.41) is 0. The molecule has 0 radical (unpaired) electrons. The van der Waals surface area contributed by atoms with E-state index in [0.717, 1.165) is 19.6 Å². The molecular weight excluding hydrogens is 184 g/mol. The summed E-state index contributed by atoms with van der Waals surface area (Å²) in [6.45, 7) is 7.93. The van der Waals surface area contributed by atoms with Gasteiger partial charge in [-0.2, -0.15) is 0 Å². The lowest BCUT2D eigenvalue weighted by atomic mass is 10.1. The van der Waals surface area contributed by atoms with Crippen LogP contribution in [0.25, 0.3) is 0 Å². The second-order valence-electron chi connectivity index (χ2n) is 4.64. The molecular formula is C13H20N2. The highest BCUT2D eigenvalue weighted by Gasteiger charge is 2.21. The van der Waals surface area contributed by atoms with Crippen LogP contribution in [0.4, 0.5) is 5.69 Å². The Labute approximate surface area is 92.5 Å². The fraction of sp³-hybridized carbons (Fsp3) is 0.538. The first-order chi connectivity index (χ1) is 7.16. The van der Waals surface area contributed by atoms with Crippen LogP contribution >= 0.6 is 0 Å². The fourth-order valence-corrected chi connectivity index (χ4v) is 2.33. The molecule has 1 aliphatic heterocycles. The molecule has 1 aliphatic rings. The van der Waals surface area contributed by atoms with Gasteiger partial charge in [0.25, 0.3) is 0 Å². The molecule has 1 atom stereocenters. The number of anilines is 1. The molecule has 1 unspecified atom stereocenters. The number of nitrogens with zero attached hydrogens (tertiary/aromatic N) is 2. The quantitative estimate of drug-likeness (QED) is 0.691. The molecule has 0 saturated carbocycles. The van der Waals surface area contributed by atoms with E-state index in [2.05, 4.69) is 55.0 Å². The lowest BCUT2D eigenvalue weighted by Gasteiger charge is -2.39. The molecule has 15 heavy (non-hydrogen) atoms. The van der Waals surface area contributed by atoms with Crippen molar-refractivity contribution in [2.75, 3.05) is 31.6 Å². The Hall–Kier alpha value is -1.02. The molecule has 0 bridgehead atoms. The van der Waals surface area contributed by atoms with Gasteiger partial charge in [-0.1, -0.05) is 12.1 Å². The predicted molar refractivity (Wildman–Crippen MR) is 65.5 cm³/mol. The van der Waals surface area contributed by atoms with Gasteiger partial charge in [0, 0.05) is 31.4 Å². The Bertz CT molecular complexity index is 335. The summed E-state index contributed by atoms with van der Waals surface area (Å²) in [6.07, 6.45) is 0. The second-order valence-corrected chi connectivity index (χ2v) is 4.64. The first-order valence-corrected chi connectivity index (χ1v) is 5.68. The molecule has 0 N–H and O–H groups in total. The Morgan fingerprint density at radius 2 is 2.07 bits per heavy atom. The van der Waals surface area contributed by atoms with Crippen LogP contribution in [-0.2, 0) is 0 Å². The average Bonchev–Trinajstić information content (AvgIpc) is 2.17. The largest absolute Gasteiger partial charge is 0.366 e. The summed E-state index contributed by atoms with van der Waals surface area (Å²) in [4.78, 5) is 4.91. The molecule has 1 fully saturated rings. The van der Waals surface area contributed by atoms with Gasteiger partial charge in [-0.25, -0.2) is 0 Å². The maximum absolute atomic E-state index is 2.51. The third-order valence-corrected chi connectivity index (χ3v) is 3.16. The number of piperazine rings is 1. The van der Waals surface area contributed by atoms with Gasteiger partial charge in [0.1, 0.15) is 0 Å². The molecule has 82 valence electrons. The smallest absolute Gasteiger partial charge is 0.0389 e. The average molecular weight is 204 g/mol. The highest BCUT2D eigenvalue weighted by molar-refractivity contribution is 5.49. The van der Waals surface area contributed by atoms with Crippen molar-refractivity contribution in [1.29, 1.82) is 0 Å². The molecule has 0 aliphatic carbocycles. The maximum atomic E-state index is 2.51. The fourth-order valence-electron chi connectivity index (χ4n) is 2.33. The lowest BCUT2D eigenvalue weighted by Crippen LogP contribution is -2.50. The first-order valence-electron chi connectivity index (χ1n) is 5.68. The van der Waals surface area contributed by atoms with Gasteiger partial charge >= 0.3 is 0 Å². The molecule has 0 aromatic heterocycles. The number of hydrogen-bond donors (Lipinski definition) is 0. The van der Waals surface area contributed by atoms with Gasteiger partial charge in [0.15, 0.2) is 0 Å². The van der Waals surface area contributed by atoms with Gasteiger partial charge in [-0.15, -0.1) is 0 Å². The SMILES string of the molecule is Cc1cccc(N2CCN(C)CC2C)c1. The molecule has 1 heterocycles. The summed E-state index contributed by atoms with van der Waals surface area (Å²) in [7, 11) is 2.20. The molecule has 2 nitrogen and oxygen atoms in total. The molecule has 0 spiro atoms. The highest BCUT2D eigenvalue weighted by atomic mass is 15.3. The zero-order chi connectivity index (χ0) is 10.8. The van der Waals surface area contributed by atoms with Crippen molar-refractivity contribution in [2.24, 2.45) is 0 Å². The minimum atomic E-state index is 0.616. The molecule has 2 rings (SSSR count). The maximum Gasteiger partial charge on any atom is 0.0389 e. The van der Waals surface area contributed by atoms with Crippen molar-refractivity contribution in [3.8, 4) is 0 Å². The number of benzene rings is 1. The third kappa shape index (κ3) is 2.32. The van der Waals surface area contributed by atoms with E-state index >= 15 is 0 Å². The molecule has 1 aromatic carbocycles. The van der Waals surface area contributed by atoms with Crippen LogP contribution in [0.15, 0.2) is 24.3 Å². The van der Waals surface area contributed by atoms with E-state index in [1.165, 1.54) is 11.3 Å². The Morgan fingerprint density at radius 1 is 1.27 bits per heavy atom. The van der Waals surface area contributed by atoms with Crippen molar-refractivity contribution >= 4 is 5.69 Å². The number of aryl methyl sites for hydroxylation is 1. The minimum absolute atomic E-state index is 0.616. The van der Waals surface area contributed by atoms with Crippen molar-refractivity contribution in [2.45, 2.75) is 19.9 Å². The Kier molecular flexibility index (Phi) is 2.96. The van der Waals surface area contributed by atoms with E-state index in [4.69, 9.17) is 0 Å². The summed E-state index contributed by atoms with van der Waals surface area (Å²) in [5.74, 6) is 0. The lowest BCUT2D eigenvalue weighted by molar-refractivity contribution is 0.275. The zero-order valence-corrected chi connectivity index (χ0v) is 9.90. The monoisotopic (exact) mass is 204 g/mol. The van der Waals surface area contributed by atoms with Crippen LogP contribution in [0.2, 0.25) is 0 Å². The third-order valence-electron chi connectivity index (χ3n) is 3.16. The normalized spacial score (nSPS) is 23.1. The highest BCUT2D eigenvalue weighted by Crippen LogP contribution is 2.20. The topological polar surface area (TPSA) is 6.48 Å². The van der Waals surface area contributed by atoms with Crippen LogP contribution in [0.1, 0.15) is 12.5 Å². The number of hydrogen-bond acceptors (Lipinski definition) is 2. The minimum Gasteiger partial charge on any atom is -0.366 e. The second kappa shape index (κ2) is 4.23. The first kappa shape index (κ1) is 10.5. The van der Waals surface area contributed by atoms with Gasteiger partial charge in [-0.3, -0.25) is 0 Å². The van der Waals surface area contributed by atoms with E-state index in [1.807, 2.05) is 0 Å². The van der Waals surface area contributed by atoms with Crippen molar-refractivity contribution in [3.05, 3.63) is 29.8 Å². The summed E-state index contributed by atoms with van der Waals surface area (Å²) >= 11 is 0. The van der Waals surface area contributed by atoms with E-state index in [-0.39, 0.29) is 0 Å². The van der Waals surface area contributed by atoms with E-state index < -0.39 is 0 Å². The van der Waals surface area contributed by atoms with Crippen LogP contribution in [0.5, 0.6) is 0 Å². The van der Waals surface area contributed by atoms with Gasteiger partial charge in [0.2, 0.25) is 0 Å². The number of rotatable bonds is 1.